The molecule has 1 aromatic carbocycles. The Labute approximate surface area is 142 Å². The van der Waals surface area contributed by atoms with Gasteiger partial charge in [0.15, 0.2) is 6.10 Å². The molecule has 0 aromatic heterocycles. The smallest absolute Gasteiger partial charge is 0.308 e. The highest BCUT2D eigenvalue weighted by Gasteiger charge is 2.34. The standard InChI is InChI=1S/C16H19BrFNO4/c1-9-5-11(16(21)22)8-19(7-9)15(20)10(2)23-14-4-3-12(18)6-13(14)17/h3-4,6,9-11H,5,7-8H2,1-2H3,(H,21,22). The number of hydrogen-bond donors (Lipinski definition) is 1. The highest BCUT2D eigenvalue weighted by atomic mass is 79.9. The number of halogens is 2. The van der Waals surface area contributed by atoms with Gasteiger partial charge in [-0.25, -0.2) is 4.39 Å². The molecule has 2 rings (SSSR count). The van der Waals surface area contributed by atoms with Gasteiger partial charge in [0, 0.05) is 13.1 Å². The molecule has 126 valence electrons. The molecule has 0 radical (unpaired) electrons. The van der Waals surface area contributed by atoms with E-state index in [1.807, 2.05) is 6.92 Å². The lowest BCUT2D eigenvalue weighted by molar-refractivity contribution is -0.149. The van der Waals surface area contributed by atoms with Gasteiger partial charge in [-0.2, -0.15) is 0 Å². The second-order valence-electron chi connectivity index (χ2n) is 5.95. The van der Waals surface area contributed by atoms with Gasteiger partial charge in [0.25, 0.3) is 5.91 Å². The topological polar surface area (TPSA) is 66.8 Å². The lowest BCUT2D eigenvalue weighted by Gasteiger charge is -2.36. The van der Waals surface area contributed by atoms with Crippen LogP contribution in [0.1, 0.15) is 20.3 Å². The van der Waals surface area contributed by atoms with Crippen molar-refractivity contribution in [1.82, 2.24) is 4.90 Å². The number of carboxylic acids is 1. The first-order valence-electron chi connectivity index (χ1n) is 7.41. The van der Waals surface area contributed by atoms with Crippen molar-refractivity contribution < 1.29 is 23.8 Å². The molecule has 23 heavy (non-hydrogen) atoms. The minimum Gasteiger partial charge on any atom is -0.481 e. The lowest BCUT2D eigenvalue weighted by Crippen LogP contribution is -2.49. The number of carboxylic acid groups (broad SMARTS) is 1. The van der Waals surface area contributed by atoms with Gasteiger partial charge in [-0.3, -0.25) is 9.59 Å². The van der Waals surface area contributed by atoms with Crippen molar-refractivity contribution in [3.05, 3.63) is 28.5 Å². The predicted molar refractivity (Wildman–Crippen MR) is 85.7 cm³/mol. The Morgan fingerprint density at radius 3 is 2.74 bits per heavy atom. The van der Waals surface area contributed by atoms with Crippen molar-refractivity contribution in [3.63, 3.8) is 0 Å². The number of benzene rings is 1. The number of carbonyl (C=O) groups is 2. The van der Waals surface area contributed by atoms with E-state index in [1.54, 1.807) is 6.92 Å². The fraction of sp³-hybridized carbons (Fsp3) is 0.500. The maximum atomic E-state index is 13.1. The Kier molecular flexibility index (Phi) is 5.62. The lowest BCUT2D eigenvalue weighted by atomic mass is 9.90. The number of hydrogen-bond acceptors (Lipinski definition) is 3. The summed E-state index contributed by atoms with van der Waals surface area (Å²) in [6, 6.07) is 3.96. The van der Waals surface area contributed by atoms with Gasteiger partial charge < -0.3 is 14.7 Å². The summed E-state index contributed by atoms with van der Waals surface area (Å²) >= 11 is 3.19. The average Bonchev–Trinajstić information content (AvgIpc) is 2.48. The van der Waals surface area contributed by atoms with E-state index in [0.29, 0.717) is 23.2 Å². The van der Waals surface area contributed by atoms with Crippen molar-refractivity contribution in [2.24, 2.45) is 11.8 Å². The Bertz CT molecular complexity index is 610. The highest BCUT2D eigenvalue weighted by Crippen LogP contribution is 2.27. The van der Waals surface area contributed by atoms with Crippen molar-refractivity contribution in [2.75, 3.05) is 13.1 Å². The van der Waals surface area contributed by atoms with Crippen molar-refractivity contribution in [2.45, 2.75) is 26.4 Å². The molecule has 3 unspecified atom stereocenters. The van der Waals surface area contributed by atoms with Gasteiger partial charge in [-0.05, 0) is 53.4 Å². The van der Waals surface area contributed by atoms with Crippen LogP contribution in [0.15, 0.2) is 22.7 Å². The van der Waals surface area contributed by atoms with E-state index in [0.717, 1.165) is 0 Å². The zero-order valence-electron chi connectivity index (χ0n) is 13.0. The van der Waals surface area contributed by atoms with Crippen LogP contribution in [0.5, 0.6) is 5.75 Å². The maximum absolute atomic E-state index is 13.1. The molecular formula is C16H19BrFNO4. The normalized spacial score (nSPS) is 22.5. The highest BCUT2D eigenvalue weighted by molar-refractivity contribution is 9.10. The maximum Gasteiger partial charge on any atom is 0.308 e. The number of nitrogens with zero attached hydrogens (tertiary/aromatic N) is 1. The van der Waals surface area contributed by atoms with Crippen LogP contribution in [-0.2, 0) is 9.59 Å². The average molecular weight is 388 g/mol. The monoisotopic (exact) mass is 387 g/mol. The van der Waals surface area contributed by atoms with Gasteiger partial charge >= 0.3 is 5.97 Å². The number of aliphatic carboxylic acids is 1. The molecule has 0 aliphatic carbocycles. The molecule has 7 heteroatoms. The molecule has 1 aromatic rings. The van der Waals surface area contributed by atoms with Crippen molar-refractivity contribution in [3.8, 4) is 5.75 Å². The summed E-state index contributed by atoms with van der Waals surface area (Å²) in [5.74, 6) is -1.61. The number of likely N-dealkylation sites (tertiary alicyclic amines) is 1. The van der Waals surface area contributed by atoms with Gasteiger partial charge in [-0.15, -0.1) is 0 Å². The summed E-state index contributed by atoms with van der Waals surface area (Å²) in [5, 5.41) is 9.18. The molecule has 1 N–H and O–H groups in total. The third-order valence-corrected chi connectivity index (χ3v) is 4.49. The van der Waals surface area contributed by atoms with E-state index in [9.17, 15) is 19.1 Å². The molecule has 1 heterocycles. The number of carbonyl (C=O) groups excluding carboxylic acids is 1. The first-order chi connectivity index (χ1) is 10.8. The fourth-order valence-corrected chi connectivity index (χ4v) is 3.22. The van der Waals surface area contributed by atoms with Gasteiger partial charge in [0.2, 0.25) is 0 Å². The van der Waals surface area contributed by atoms with Crippen molar-refractivity contribution in [1.29, 1.82) is 0 Å². The van der Waals surface area contributed by atoms with E-state index < -0.39 is 23.8 Å². The zero-order valence-corrected chi connectivity index (χ0v) is 14.5. The van der Waals surface area contributed by atoms with Gasteiger partial charge in [0.1, 0.15) is 11.6 Å². The summed E-state index contributed by atoms with van der Waals surface area (Å²) in [6.45, 7) is 4.24. The summed E-state index contributed by atoms with van der Waals surface area (Å²) in [6.07, 6.45) is -0.214. The van der Waals surface area contributed by atoms with Crippen LogP contribution in [0.2, 0.25) is 0 Å². The first-order valence-corrected chi connectivity index (χ1v) is 8.20. The second-order valence-corrected chi connectivity index (χ2v) is 6.81. The number of rotatable bonds is 4. The Morgan fingerprint density at radius 2 is 2.13 bits per heavy atom. The number of piperidine rings is 1. The molecular weight excluding hydrogens is 369 g/mol. The van der Waals surface area contributed by atoms with E-state index in [-0.39, 0.29) is 18.4 Å². The fourth-order valence-electron chi connectivity index (χ4n) is 2.78. The van der Waals surface area contributed by atoms with E-state index in [4.69, 9.17) is 4.74 Å². The first kappa shape index (κ1) is 17.7. The quantitative estimate of drug-likeness (QED) is 0.862. The summed E-state index contributed by atoms with van der Waals surface area (Å²) in [4.78, 5) is 25.2. The van der Waals surface area contributed by atoms with Crippen molar-refractivity contribution >= 4 is 27.8 Å². The number of amides is 1. The zero-order chi connectivity index (χ0) is 17.1. The molecule has 1 aliphatic rings. The second kappa shape index (κ2) is 7.29. The Morgan fingerprint density at radius 1 is 1.43 bits per heavy atom. The van der Waals surface area contributed by atoms with Gasteiger partial charge in [0.05, 0.1) is 10.4 Å². The van der Waals surface area contributed by atoms with Crippen LogP contribution in [0.25, 0.3) is 0 Å². The molecule has 5 nitrogen and oxygen atoms in total. The third kappa shape index (κ3) is 4.43. The molecule has 1 amide bonds. The molecule has 0 spiro atoms. The molecule has 3 atom stereocenters. The molecule has 0 bridgehead atoms. The summed E-state index contributed by atoms with van der Waals surface area (Å²) < 4.78 is 19.1. The number of ether oxygens (including phenoxy) is 1. The predicted octanol–water partition coefficient (Wildman–Crippen LogP) is 2.92. The SMILES string of the molecule is CC1CC(C(=O)O)CN(C(=O)C(C)Oc2ccc(F)cc2Br)C1. The minimum absolute atomic E-state index is 0.124. The Balaban J connectivity index is 2.05. The molecule has 1 aliphatic heterocycles. The van der Waals surface area contributed by atoms with Crippen LogP contribution in [0, 0.1) is 17.7 Å². The minimum atomic E-state index is -0.885. The van der Waals surface area contributed by atoms with Crippen LogP contribution < -0.4 is 4.74 Å². The third-order valence-electron chi connectivity index (χ3n) is 3.87. The summed E-state index contributed by atoms with van der Waals surface area (Å²) in [7, 11) is 0. The molecule has 1 saturated heterocycles. The van der Waals surface area contributed by atoms with Crippen LogP contribution in [-0.4, -0.2) is 41.1 Å². The Hall–Kier alpha value is -1.63. The van der Waals surface area contributed by atoms with E-state index >= 15 is 0 Å². The van der Waals surface area contributed by atoms with Crippen LogP contribution >= 0.6 is 15.9 Å². The molecule has 0 saturated carbocycles. The largest absolute Gasteiger partial charge is 0.481 e. The summed E-state index contributed by atoms with van der Waals surface area (Å²) in [5.41, 5.74) is 0. The van der Waals surface area contributed by atoms with E-state index in [1.165, 1.54) is 23.1 Å². The van der Waals surface area contributed by atoms with Crippen LogP contribution in [0.3, 0.4) is 0 Å². The van der Waals surface area contributed by atoms with E-state index in [2.05, 4.69) is 15.9 Å². The van der Waals surface area contributed by atoms with Gasteiger partial charge in [-0.1, -0.05) is 6.92 Å². The van der Waals surface area contributed by atoms with Crippen LogP contribution in [0.4, 0.5) is 4.39 Å². The molecule has 1 fully saturated rings.